The minimum Gasteiger partial charge on any atom is -0.382 e. The SMILES string of the molecule is CCO[C@@H]1C[C@H]2C(=O)NC3(CCC3)C(=O)N(C)[C@@H](C3CCCC3)C(=O)N(C)[C@H](C(=O)N(C)C)CC(=O)N(C)[C@@H](COC)C(=O)N[C@@H]([C@@H](C)CC)C(=O)N(C)CC(=O)N(C)[C@H]3C/C=C\CCN(C3=O)[C@@H](Cc3ccc(C(F)(F)F)cc3)C(=O)N(C)CC(=O)N[C@@H](CCc3cc(F)c(C(F)(F)F)c(F)c3)C(=O)N2C1. The highest BCUT2D eigenvalue weighted by molar-refractivity contribution is 6.01. The lowest BCUT2D eigenvalue weighted by Gasteiger charge is -2.46. The van der Waals surface area contributed by atoms with Crippen LogP contribution in [0, 0.1) is 23.5 Å². The van der Waals surface area contributed by atoms with Crippen molar-refractivity contribution in [1.82, 2.24) is 60.0 Å². The van der Waals surface area contributed by atoms with Crippen LogP contribution in [0.15, 0.2) is 48.6 Å². The van der Waals surface area contributed by atoms with E-state index in [1.165, 1.54) is 61.3 Å². The van der Waals surface area contributed by atoms with Gasteiger partial charge in [-0.15, -0.1) is 0 Å². The molecule has 2 aromatic carbocycles. The van der Waals surface area contributed by atoms with E-state index < -0.39 is 229 Å². The fourth-order valence-electron chi connectivity index (χ4n) is 14.7. The molecule has 10 atom stereocenters. The van der Waals surface area contributed by atoms with Crippen LogP contribution in [0.3, 0.4) is 0 Å². The van der Waals surface area contributed by atoms with Crippen LogP contribution in [0.1, 0.15) is 126 Å². The van der Waals surface area contributed by atoms with Gasteiger partial charge in [0.25, 0.3) is 0 Å². The first-order valence-corrected chi connectivity index (χ1v) is 36.0. The minimum absolute atomic E-state index is 0.0251. The van der Waals surface area contributed by atoms with Crippen molar-refractivity contribution in [1.29, 1.82) is 0 Å². The zero-order chi connectivity index (χ0) is 79.5. The first-order valence-electron chi connectivity index (χ1n) is 36.0. The van der Waals surface area contributed by atoms with Crippen molar-refractivity contribution in [2.24, 2.45) is 11.8 Å². The Morgan fingerprint density at radius 3 is 1.87 bits per heavy atom. The molecule has 592 valence electrons. The highest BCUT2D eigenvalue weighted by Gasteiger charge is 2.54. The summed E-state index contributed by atoms with van der Waals surface area (Å²) in [7, 11) is 11.7. The predicted octanol–water partition coefficient (Wildman–Crippen LogP) is 4.34. The Bertz CT molecular complexity index is 3610. The second-order valence-electron chi connectivity index (χ2n) is 28.8. The van der Waals surface area contributed by atoms with Gasteiger partial charge in [-0.05, 0) is 112 Å². The molecule has 34 heteroatoms. The molecule has 2 bridgehead atoms. The summed E-state index contributed by atoms with van der Waals surface area (Å²) in [5.41, 5.74) is -5.28. The molecule has 0 aromatic heterocycles. The number of aryl methyl sites for hydroxylation is 1. The summed E-state index contributed by atoms with van der Waals surface area (Å²) in [4.78, 5) is 189. The summed E-state index contributed by atoms with van der Waals surface area (Å²) >= 11 is 0. The van der Waals surface area contributed by atoms with Crippen LogP contribution in [-0.2, 0) is 92.2 Å². The molecule has 0 unspecified atom stereocenters. The number of rotatable bonds is 13. The van der Waals surface area contributed by atoms with Gasteiger partial charge < -0.3 is 69.5 Å². The maximum atomic E-state index is 15.4. The number of nitrogens with one attached hydrogen (secondary N) is 3. The average Bonchev–Trinajstić information content (AvgIpc) is 1.71. The first kappa shape index (κ1) is 85.4. The van der Waals surface area contributed by atoms with Crippen molar-refractivity contribution < 1.29 is 102 Å². The molecule has 2 aromatic rings. The van der Waals surface area contributed by atoms with Gasteiger partial charge in [0.1, 0.15) is 71.1 Å². The topological polar surface area (TPSA) is 289 Å². The maximum Gasteiger partial charge on any atom is 0.422 e. The number of hydrogen-bond donors (Lipinski definition) is 3. The van der Waals surface area contributed by atoms with Crippen molar-refractivity contribution in [2.45, 2.75) is 189 Å². The smallest absolute Gasteiger partial charge is 0.382 e. The fourth-order valence-corrected chi connectivity index (χ4v) is 14.7. The zero-order valence-electron chi connectivity index (χ0n) is 62.6. The molecule has 2 saturated heterocycles. The number of methoxy groups -OCH3 is 1. The van der Waals surface area contributed by atoms with Crippen LogP contribution in [0.5, 0.6) is 0 Å². The van der Waals surface area contributed by atoms with E-state index in [4.69, 9.17) is 9.47 Å². The van der Waals surface area contributed by atoms with Crippen LogP contribution in [-0.4, -0.2) is 278 Å². The largest absolute Gasteiger partial charge is 0.422 e. The maximum absolute atomic E-state index is 15.4. The Hall–Kier alpha value is -8.82. The van der Waals surface area contributed by atoms with Crippen LogP contribution in [0.25, 0.3) is 0 Å². The number of hydrogen-bond acceptors (Lipinski definition) is 14. The number of halogens is 8. The van der Waals surface area contributed by atoms with E-state index in [2.05, 4.69) is 16.0 Å². The third kappa shape index (κ3) is 20.3. The number of amides is 12. The molecule has 107 heavy (non-hydrogen) atoms. The lowest BCUT2D eigenvalue weighted by atomic mass is 9.74. The van der Waals surface area contributed by atoms with E-state index >= 15 is 37.5 Å². The summed E-state index contributed by atoms with van der Waals surface area (Å²) < 4.78 is 125. The number of fused-ring (bicyclic) bond motifs is 3. The van der Waals surface area contributed by atoms with E-state index in [-0.39, 0.29) is 63.8 Å². The molecular weight excluding hydrogens is 1420 g/mol. The summed E-state index contributed by atoms with van der Waals surface area (Å²) in [6.45, 7) is 2.35. The molecule has 2 aliphatic carbocycles. The normalized spacial score (nSPS) is 26.2. The van der Waals surface area contributed by atoms with E-state index in [1.54, 1.807) is 32.9 Å². The molecule has 3 heterocycles. The molecular formula is C73H100F8N12O14. The van der Waals surface area contributed by atoms with Gasteiger partial charge in [0.2, 0.25) is 70.9 Å². The molecule has 5 aliphatic rings. The van der Waals surface area contributed by atoms with Crippen molar-refractivity contribution in [3.8, 4) is 0 Å². The fraction of sp³-hybridized carbons (Fsp3) is 0.644. The van der Waals surface area contributed by atoms with E-state index in [9.17, 15) is 55.1 Å². The molecule has 2 saturated carbocycles. The monoisotopic (exact) mass is 1520 g/mol. The van der Waals surface area contributed by atoms with Gasteiger partial charge in [-0.1, -0.05) is 57.4 Å². The van der Waals surface area contributed by atoms with Crippen molar-refractivity contribution in [3.05, 3.63) is 82.4 Å². The van der Waals surface area contributed by atoms with Crippen molar-refractivity contribution in [3.63, 3.8) is 0 Å². The molecule has 0 radical (unpaired) electrons. The number of nitrogens with zero attached hydrogens (tertiary/aromatic N) is 9. The minimum atomic E-state index is -5.46. The van der Waals surface area contributed by atoms with Gasteiger partial charge in [-0.3, -0.25) is 57.5 Å². The number of carbonyl (C=O) groups excluding carboxylic acids is 12. The third-order valence-corrected chi connectivity index (χ3v) is 21.3. The van der Waals surface area contributed by atoms with Crippen LogP contribution in [0.2, 0.25) is 0 Å². The Morgan fingerprint density at radius 1 is 0.682 bits per heavy atom. The number of ether oxygens (including phenoxy) is 2. The van der Waals surface area contributed by atoms with Gasteiger partial charge in [0, 0.05) is 96.0 Å². The third-order valence-electron chi connectivity index (χ3n) is 21.3. The summed E-state index contributed by atoms with van der Waals surface area (Å²) in [5.74, 6) is -15.6. The van der Waals surface area contributed by atoms with E-state index in [1.807, 2.05) is 0 Å². The zero-order valence-corrected chi connectivity index (χ0v) is 62.6. The quantitative estimate of drug-likeness (QED) is 0.186. The predicted molar refractivity (Wildman–Crippen MR) is 371 cm³/mol. The van der Waals surface area contributed by atoms with Gasteiger partial charge in [0.15, 0.2) is 0 Å². The second kappa shape index (κ2) is 36.4. The summed E-state index contributed by atoms with van der Waals surface area (Å²) in [6, 6.07) is -7.68. The highest BCUT2D eigenvalue weighted by Crippen LogP contribution is 2.40. The Kier molecular flexibility index (Phi) is 29.1. The molecule has 3 N–H and O–H groups in total. The summed E-state index contributed by atoms with van der Waals surface area (Å²) in [6.07, 6.45) is -7.71. The molecule has 3 aliphatic heterocycles. The number of alkyl halides is 6. The second-order valence-corrected chi connectivity index (χ2v) is 28.8. The first-order chi connectivity index (χ1) is 50.2. The average molecular weight is 1520 g/mol. The van der Waals surface area contributed by atoms with Gasteiger partial charge >= 0.3 is 12.4 Å². The van der Waals surface area contributed by atoms with Gasteiger partial charge in [-0.25, -0.2) is 8.78 Å². The van der Waals surface area contributed by atoms with Crippen LogP contribution in [0.4, 0.5) is 35.1 Å². The lowest BCUT2D eigenvalue weighted by molar-refractivity contribution is -0.158. The number of benzene rings is 2. The van der Waals surface area contributed by atoms with Crippen molar-refractivity contribution in [2.75, 3.05) is 103 Å². The number of likely N-dealkylation sites (N-methyl/N-ethyl adjacent to an activating group) is 7. The Labute approximate surface area is 617 Å². The molecule has 1 spiro atoms. The molecule has 12 amide bonds. The molecule has 4 fully saturated rings. The molecule has 7 rings (SSSR count). The number of carbonyl (C=O) groups is 12. The standard InChI is InChI=1S/C73H100F8N12O14/c1-13-42(3)60-68(103)87(7)40-58(96)88(8)51-23-16-15-19-32-92(67(51)102)54(35-43-24-27-46(28-25-43)72(76,77)78)66(101)86(6)39-56(94)82-50(29-26-44-33-48(74)59(49(75)34-44)73(79,80)81)64(99)93-38-47(107-14-2)36-52(93)63(98)84-71(30-20-31-71)70(105)91(11)61(45-21-17-18-22-45)69(104)90(10)53(65(100)85(4)5)37-57(95)89(9)55(41-106-12)62(97)83-60/h15-16,24-25,27-28,33-34,42,45,47,50-55,60-61H,13-14,17-23,26,29-32,35-41H2,1-12H3,(H,82,94)(H,83,97)(H,84,98)/b16-15-/t42-,47+,50-,51-,52-,53-,54-,55-,60-,61-/m0/s1. The Balaban J connectivity index is 1.35. The van der Waals surface area contributed by atoms with E-state index in [0.29, 0.717) is 44.2 Å². The van der Waals surface area contributed by atoms with Crippen molar-refractivity contribution >= 4 is 70.9 Å². The lowest BCUT2D eigenvalue weighted by Crippen LogP contribution is -2.68. The van der Waals surface area contributed by atoms with Crippen LogP contribution < -0.4 is 16.0 Å². The van der Waals surface area contributed by atoms with Gasteiger partial charge in [-0.2, -0.15) is 26.3 Å². The van der Waals surface area contributed by atoms with Crippen LogP contribution >= 0.6 is 0 Å². The summed E-state index contributed by atoms with van der Waals surface area (Å²) in [5, 5.41) is 8.14. The van der Waals surface area contributed by atoms with Gasteiger partial charge in [0.05, 0.1) is 37.8 Å². The highest BCUT2D eigenvalue weighted by atomic mass is 19.4. The Morgan fingerprint density at radius 2 is 1.31 bits per heavy atom. The van der Waals surface area contributed by atoms with E-state index in [0.717, 1.165) is 70.5 Å². The molecule has 26 nitrogen and oxygen atoms in total.